The molecule has 0 aliphatic carbocycles. The molecule has 0 unspecified atom stereocenters. The van der Waals surface area contributed by atoms with E-state index in [1.165, 1.54) is 29.0 Å². The maximum Gasteiger partial charge on any atom is 0.352 e. The molecule has 0 saturated heterocycles. The Morgan fingerprint density at radius 2 is 2.00 bits per heavy atom. The van der Waals surface area contributed by atoms with Crippen LogP contribution in [0.1, 0.15) is 10.5 Å². The lowest BCUT2D eigenvalue weighted by Crippen LogP contribution is -2.05. The van der Waals surface area contributed by atoms with Gasteiger partial charge in [0.25, 0.3) is 0 Å². The maximum absolute atomic E-state index is 13.0. The van der Waals surface area contributed by atoms with Gasteiger partial charge in [0, 0.05) is 11.9 Å². The Bertz CT molecular complexity index is 595. The lowest BCUT2D eigenvalue weighted by atomic mass is 10.3. The molecular formula is C11H6Cl2FNO2. The second-order valence-corrected chi connectivity index (χ2v) is 4.16. The van der Waals surface area contributed by atoms with E-state index in [-0.39, 0.29) is 15.7 Å². The molecule has 6 heteroatoms. The third-order valence-electron chi connectivity index (χ3n) is 2.19. The molecular weight excluding hydrogens is 268 g/mol. The van der Waals surface area contributed by atoms with Gasteiger partial charge in [-0.15, -0.1) is 0 Å². The van der Waals surface area contributed by atoms with Crippen LogP contribution in [0.25, 0.3) is 5.69 Å². The fourth-order valence-electron chi connectivity index (χ4n) is 1.44. The molecule has 0 aliphatic heterocycles. The van der Waals surface area contributed by atoms with Gasteiger partial charge in [0.1, 0.15) is 11.5 Å². The standard InChI is InChI=1S/C11H6Cl2FNO2/c12-6-3-10(11(16)17)15(5-6)7-1-2-9(14)8(13)4-7/h1-5H,(H,16,17). The molecule has 0 atom stereocenters. The van der Waals surface area contributed by atoms with E-state index in [2.05, 4.69) is 0 Å². The van der Waals surface area contributed by atoms with Crippen molar-refractivity contribution in [3.05, 3.63) is 52.0 Å². The number of carboxylic acid groups (broad SMARTS) is 1. The van der Waals surface area contributed by atoms with Gasteiger partial charge in [0.15, 0.2) is 0 Å². The zero-order valence-electron chi connectivity index (χ0n) is 8.32. The number of aromatic nitrogens is 1. The van der Waals surface area contributed by atoms with E-state index >= 15 is 0 Å². The molecule has 0 spiro atoms. The molecule has 1 aromatic carbocycles. The molecule has 3 nitrogen and oxygen atoms in total. The first-order valence-electron chi connectivity index (χ1n) is 4.55. The number of carboxylic acids is 1. The highest BCUT2D eigenvalue weighted by Gasteiger charge is 2.13. The second-order valence-electron chi connectivity index (χ2n) is 3.32. The van der Waals surface area contributed by atoms with E-state index in [1.54, 1.807) is 0 Å². The molecule has 0 fully saturated rings. The van der Waals surface area contributed by atoms with Crippen LogP contribution in [0.5, 0.6) is 0 Å². The van der Waals surface area contributed by atoms with Crippen LogP contribution in [0.15, 0.2) is 30.5 Å². The molecule has 1 aromatic heterocycles. The Kier molecular flexibility index (Phi) is 3.09. The van der Waals surface area contributed by atoms with Crippen molar-refractivity contribution in [3.63, 3.8) is 0 Å². The number of halogens is 3. The maximum atomic E-state index is 13.0. The van der Waals surface area contributed by atoms with Crippen molar-refractivity contribution in [2.45, 2.75) is 0 Å². The van der Waals surface area contributed by atoms with E-state index in [4.69, 9.17) is 28.3 Å². The van der Waals surface area contributed by atoms with Crippen molar-refractivity contribution in [2.24, 2.45) is 0 Å². The summed E-state index contributed by atoms with van der Waals surface area (Å²) < 4.78 is 14.3. The third-order valence-corrected chi connectivity index (χ3v) is 2.68. The smallest absolute Gasteiger partial charge is 0.352 e. The molecule has 0 radical (unpaired) electrons. The van der Waals surface area contributed by atoms with Gasteiger partial charge in [0.05, 0.1) is 10.0 Å². The fraction of sp³-hybridized carbons (Fsp3) is 0. The van der Waals surface area contributed by atoms with E-state index in [9.17, 15) is 9.18 Å². The van der Waals surface area contributed by atoms with Crippen molar-refractivity contribution >= 4 is 29.2 Å². The van der Waals surface area contributed by atoms with Crippen molar-refractivity contribution in [3.8, 4) is 5.69 Å². The van der Waals surface area contributed by atoms with Crippen LogP contribution >= 0.6 is 23.2 Å². The molecule has 2 rings (SSSR count). The summed E-state index contributed by atoms with van der Waals surface area (Å²) in [6.45, 7) is 0. The van der Waals surface area contributed by atoms with Gasteiger partial charge in [-0.25, -0.2) is 9.18 Å². The Labute approximate surface area is 106 Å². The van der Waals surface area contributed by atoms with Gasteiger partial charge in [-0.3, -0.25) is 0 Å². The van der Waals surface area contributed by atoms with Crippen LogP contribution in [0.2, 0.25) is 10.0 Å². The van der Waals surface area contributed by atoms with Crippen molar-refractivity contribution < 1.29 is 14.3 Å². The summed E-state index contributed by atoms with van der Waals surface area (Å²) in [5.41, 5.74) is 0.415. The number of nitrogens with zero attached hydrogens (tertiary/aromatic N) is 1. The second kappa shape index (κ2) is 4.39. The van der Waals surface area contributed by atoms with Gasteiger partial charge in [-0.2, -0.15) is 0 Å². The van der Waals surface area contributed by atoms with Crippen LogP contribution in [-0.4, -0.2) is 15.6 Å². The van der Waals surface area contributed by atoms with E-state index in [1.807, 2.05) is 0 Å². The predicted octanol–water partition coefficient (Wildman–Crippen LogP) is 3.62. The van der Waals surface area contributed by atoms with Gasteiger partial charge in [0.2, 0.25) is 0 Å². The third kappa shape index (κ3) is 2.28. The normalized spacial score (nSPS) is 10.5. The minimum Gasteiger partial charge on any atom is -0.477 e. The van der Waals surface area contributed by atoms with Crippen LogP contribution < -0.4 is 0 Å². The summed E-state index contributed by atoms with van der Waals surface area (Å²) in [6, 6.07) is 5.22. The van der Waals surface area contributed by atoms with Crippen LogP contribution in [0, 0.1) is 5.82 Å². The van der Waals surface area contributed by atoms with Crippen LogP contribution in [0.4, 0.5) is 4.39 Å². The number of hydrogen-bond acceptors (Lipinski definition) is 1. The van der Waals surface area contributed by atoms with E-state index < -0.39 is 11.8 Å². The monoisotopic (exact) mass is 273 g/mol. The highest BCUT2D eigenvalue weighted by Crippen LogP contribution is 2.23. The highest BCUT2D eigenvalue weighted by molar-refractivity contribution is 6.31. The minimum atomic E-state index is -1.13. The molecule has 2 aromatic rings. The average Bonchev–Trinajstić information content (AvgIpc) is 2.64. The minimum absolute atomic E-state index is 0.0160. The number of carbonyl (C=O) groups is 1. The Morgan fingerprint density at radius 3 is 2.59 bits per heavy atom. The SMILES string of the molecule is O=C(O)c1cc(Cl)cn1-c1ccc(F)c(Cl)c1. The molecule has 88 valence electrons. The van der Waals surface area contributed by atoms with E-state index in [0.29, 0.717) is 5.69 Å². The van der Waals surface area contributed by atoms with Crippen molar-refractivity contribution in [1.82, 2.24) is 4.57 Å². The number of benzene rings is 1. The summed E-state index contributed by atoms with van der Waals surface area (Å²) in [5.74, 6) is -1.69. The molecule has 1 N–H and O–H groups in total. The topological polar surface area (TPSA) is 42.2 Å². The van der Waals surface area contributed by atoms with Gasteiger partial charge in [-0.05, 0) is 24.3 Å². The molecule has 0 aliphatic rings. The predicted molar refractivity (Wildman–Crippen MR) is 62.7 cm³/mol. The molecule has 1 heterocycles. The lowest BCUT2D eigenvalue weighted by molar-refractivity contribution is 0.0688. The molecule has 0 amide bonds. The first kappa shape index (κ1) is 12.0. The van der Waals surface area contributed by atoms with Crippen molar-refractivity contribution in [2.75, 3.05) is 0 Å². The summed E-state index contributed by atoms with van der Waals surface area (Å²) in [5, 5.41) is 9.18. The Hall–Kier alpha value is -1.52. The van der Waals surface area contributed by atoms with Crippen LogP contribution in [-0.2, 0) is 0 Å². The highest BCUT2D eigenvalue weighted by atomic mass is 35.5. The summed E-state index contributed by atoms with van der Waals surface area (Å²) in [4.78, 5) is 11.0. The first-order valence-corrected chi connectivity index (χ1v) is 5.31. The summed E-state index contributed by atoms with van der Waals surface area (Å²) in [7, 11) is 0. The number of hydrogen-bond donors (Lipinski definition) is 1. The van der Waals surface area contributed by atoms with Crippen LogP contribution in [0.3, 0.4) is 0 Å². The largest absolute Gasteiger partial charge is 0.477 e. The molecule has 0 bridgehead atoms. The average molecular weight is 274 g/mol. The van der Waals surface area contributed by atoms with Crippen molar-refractivity contribution in [1.29, 1.82) is 0 Å². The Morgan fingerprint density at radius 1 is 1.29 bits per heavy atom. The summed E-state index contributed by atoms with van der Waals surface area (Å²) in [6.07, 6.45) is 1.43. The Balaban J connectivity index is 2.59. The number of aromatic carboxylic acids is 1. The quantitative estimate of drug-likeness (QED) is 0.908. The fourth-order valence-corrected chi connectivity index (χ4v) is 1.82. The molecule has 0 saturated carbocycles. The van der Waals surface area contributed by atoms with E-state index in [0.717, 1.165) is 6.07 Å². The summed E-state index contributed by atoms with van der Waals surface area (Å²) >= 11 is 11.4. The van der Waals surface area contributed by atoms with Gasteiger partial charge >= 0.3 is 5.97 Å². The molecule has 17 heavy (non-hydrogen) atoms. The number of rotatable bonds is 2. The van der Waals surface area contributed by atoms with Gasteiger partial charge in [-0.1, -0.05) is 23.2 Å². The zero-order valence-corrected chi connectivity index (χ0v) is 9.84. The van der Waals surface area contributed by atoms with Gasteiger partial charge < -0.3 is 9.67 Å². The zero-order chi connectivity index (χ0) is 12.6. The first-order chi connectivity index (χ1) is 7.99. The lowest BCUT2D eigenvalue weighted by Gasteiger charge is -2.06.